The second-order valence-electron chi connectivity index (χ2n) is 6.78. The molecule has 3 rings (SSSR count). The highest BCUT2D eigenvalue weighted by atomic mass is 32.2. The SMILES string of the molecule is CC(C)S(=O)(=O)N[C@@H]1COCC[C@@H]1c1ccc(-c2ccccc2)cc1. The Bertz CT molecular complexity index is 785. The molecule has 1 saturated heterocycles. The number of ether oxygens (including phenoxy) is 1. The molecule has 0 aliphatic carbocycles. The van der Waals surface area contributed by atoms with Crippen LogP contribution >= 0.6 is 0 Å². The van der Waals surface area contributed by atoms with Crippen LogP contribution in [0.1, 0.15) is 31.7 Å². The summed E-state index contributed by atoms with van der Waals surface area (Å²) in [5.74, 6) is 0.132. The lowest BCUT2D eigenvalue weighted by Gasteiger charge is -2.33. The molecular formula is C20H25NO3S. The fraction of sp³-hybridized carbons (Fsp3) is 0.400. The van der Waals surface area contributed by atoms with E-state index in [9.17, 15) is 8.42 Å². The van der Waals surface area contributed by atoms with Gasteiger partial charge >= 0.3 is 0 Å². The summed E-state index contributed by atoms with van der Waals surface area (Å²) in [6.07, 6.45) is 0.815. The van der Waals surface area contributed by atoms with Gasteiger partial charge in [-0.05, 0) is 37.0 Å². The molecule has 0 aromatic heterocycles. The first-order valence-corrected chi connectivity index (χ1v) is 10.3. The molecule has 1 aliphatic rings. The van der Waals surface area contributed by atoms with Crippen molar-refractivity contribution in [1.82, 2.24) is 4.72 Å². The number of sulfonamides is 1. The predicted octanol–water partition coefficient (Wildman–Crippen LogP) is 3.55. The van der Waals surface area contributed by atoms with Crippen molar-refractivity contribution in [1.29, 1.82) is 0 Å². The first kappa shape index (κ1) is 18.1. The van der Waals surface area contributed by atoms with Gasteiger partial charge < -0.3 is 4.74 Å². The van der Waals surface area contributed by atoms with Crippen LogP contribution in [0.15, 0.2) is 54.6 Å². The van der Waals surface area contributed by atoms with Crippen molar-refractivity contribution >= 4 is 10.0 Å². The van der Waals surface area contributed by atoms with E-state index in [0.29, 0.717) is 13.2 Å². The van der Waals surface area contributed by atoms with Crippen molar-refractivity contribution in [3.63, 3.8) is 0 Å². The van der Waals surface area contributed by atoms with Gasteiger partial charge in [-0.3, -0.25) is 0 Å². The zero-order chi connectivity index (χ0) is 17.9. The van der Waals surface area contributed by atoms with E-state index in [1.165, 1.54) is 5.56 Å². The third-order valence-corrected chi connectivity index (χ3v) is 6.61. The maximum atomic E-state index is 12.2. The number of hydrogen-bond acceptors (Lipinski definition) is 3. The summed E-state index contributed by atoms with van der Waals surface area (Å²) in [7, 11) is -3.32. The van der Waals surface area contributed by atoms with Crippen molar-refractivity contribution in [2.75, 3.05) is 13.2 Å². The number of benzene rings is 2. The summed E-state index contributed by atoms with van der Waals surface area (Å²) in [6.45, 7) is 4.45. The summed E-state index contributed by atoms with van der Waals surface area (Å²) in [6, 6.07) is 18.4. The van der Waals surface area contributed by atoms with Crippen LogP contribution in [0.25, 0.3) is 11.1 Å². The van der Waals surface area contributed by atoms with Crippen LogP contribution in [0, 0.1) is 0 Å². The second kappa shape index (κ2) is 7.68. The molecule has 2 aromatic rings. The average molecular weight is 359 g/mol. The number of rotatable bonds is 5. The molecule has 4 nitrogen and oxygen atoms in total. The summed E-state index contributed by atoms with van der Waals surface area (Å²) in [5, 5.41) is -0.449. The van der Waals surface area contributed by atoms with Gasteiger partial charge in [0.2, 0.25) is 10.0 Å². The fourth-order valence-corrected chi connectivity index (χ4v) is 4.08. The maximum absolute atomic E-state index is 12.2. The summed E-state index contributed by atoms with van der Waals surface area (Å²) >= 11 is 0. The fourth-order valence-electron chi connectivity index (χ4n) is 3.15. The molecule has 5 heteroatoms. The first-order valence-electron chi connectivity index (χ1n) is 8.71. The minimum atomic E-state index is -3.32. The van der Waals surface area contributed by atoms with E-state index in [1.54, 1.807) is 13.8 Å². The van der Waals surface area contributed by atoms with Crippen LogP contribution < -0.4 is 4.72 Å². The highest BCUT2D eigenvalue weighted by Gasteiger charge is 2.31. The zero-order valence-electron chi connectivity index (χ0n) is 14.7. The van der Waals surface area contributed by atoms with E-state index < -0.39 is 15.3 Å². The molecular weight excluding hydrogens is 334 g/mol. The van der Waals surface area contributed by atoms with E-state index in [-0.39, 0.29) is 12.0 Å². The molecule has 2 atom stereocenters. The minimum absolute atomic E-state index is 0.132. The molecule has 0 spiro atoms. The topological polar surface area (TPSA) is 55.4 Å². The lowest BCUT2D eigenvalue weighted by molar-refractivity contribution is 0.0644. The minimum Gasteiger partial charge on any atom is -0.380 e. The predicted molar refractivity (Wildman–Crippen MR) is 101 cm³/mol. The Morgan fingerprint density at radius 2 is 1.64 bits per heavy atom. The van der Waals surface area contributed by atoms with Gasteiger partial charge in [-0.25, -0.2) is 13.1 Å². The van der Waals surface area contributed by atoms with Crippen LogP contribution in [0.2, 0.25) is 0 Å². The lowest BCUT2D eigenvalue weighted by Crippen LogP contribution is -2.47. The quantitative estimate of drug-likeness (QED) is 0.888. The maximum Gasteiger partial charge on any atom is 0.214 e. The van der Waals surface area contributed by atoms with E-state index in [2.05, 4.69) is 41.1 Å². The Hall–Kier alpha value is -1.69. The lowest BCUT2D eigenvalue weighted by atomic mass is 9.87. The van der Waals surface area contributed by atoms with E-state index in [4.69, 9.17) is 4.74 Å². The molecule has 0 amide bonds. The summed E-state index contributed by atoms with van der Waals surface area (Å²) in [4.78, 5) is 0. The highest BCUT2D eigenvalue weighted by Crippen LogP contribution is 2.30. The smallest absolute Gasteiger partial charge is 0.214 e. The Kier molecular flexibility index (Phi) is 5.57. The number of nitrogens with one attached hydrogen (secondary N) is 1. The van der Waals surface area contributed by atoms with Crippen molar-refractivity contribution in [3.8, 4) is 11.1 Å². The van der Waals surface area contributed by atoms with Gasteiger partial charge in [-0.2, -0.15) is 0 Å². The van der Waals surface area contributed by atoms with Gasteiger partial charge in [-0.15, -0.1) is 0 Å². The van der Waals surface area contributed by atoms with Crippen LogP contribution in [-0.2, 0) is 14.8 Å². The largest absolute Gasteiger partial charge is 0.380 e. The molecule has 0 radical (unpaired) electrons. The molecule has 0 unspecified atom stereocenters. The molecule has 0 saturated carbocycles. The molecule has 0 bridgehead atoms. The highest BCUT2D eigenvalue weighted by molar-refractivity contribution is 7.90. The zero-order valence-corrected chi connectivity index (χ0v) is 15.5. The van der Waals surface area contributed by atoms with Crippen molar-refractivity contribution in [2.24, 2.45) is 0 Å². The molecule has 1 fully saturated rings. The van der Waals surface area contributed by atoms with Gasteiger partial charge in [0.25, 0.3) is 0 Å². The first-order chi connectivity index (χ1) is 12.0. The second-order valence-corrected chi connectivity index (χ2v) is 9.04. The number of hydrogen-bond donors (Lipinski definition) is 1. The Morgan fingerprint density at radius 1 is 1.00 bits per heavy atom. The Morgan fingerprint density at radius 3 is 2.28 bits per heavy atom. The monoisotopic (exact) mass is 359 g/mol. The van der Waals surface area contributed by atoms with Gasteiger partial charge in [-0.1, -0.05) is 54.6 Å². The van der Waals surface area contributed by atoms with Crippen LogP contribution in [0.4, 0.5) is 0 Å². The normalized spacial score (nSPS) is 21.4. The van der Waals surface area contributed by atoms with Crippen molar-refractivity contribution in [2.45, 2.75) is 37.5 Å². The Labute approximate surface area is 150 Å². The third kappa shape index (κ3) is 4.29. The van der Waals surface area contributed by atoms with Crippen molar-refractivity contribution in [3.05, 3.63) is 60.2 Å². The van der Waals surface area contributed by atoms with Crippen molar-refractivity contribution < 1.29 is 13.2 Å². The molecule has 2 aromatic carbocycles. The van der Waals surface area contributed by atoms with E-state index >= 15 is 0 Å². The third-order valence-electron chi connectivity index (χ3n) is 4.74. The van der Waals surface area contributed by atoms with E-state index in [1.807, 2.05) is 18.2 Å². The van der Waals surface area contributed by atoms with Gasteiger partial charge in [0, 0.05) is 12.5 Å². The van der Waals surface area contributed by atoms with Crippen LogP contribution in [0.3, 0.4) is 0 Å². The molecule has 134 valence electrons. The molecule has 25 heavy (non-hydrogen) atoms. The van der Waals surface area contributed by atoms with Crippen LogP contribution in [-0.4, -0.2) is 32.9 Å². The van der Waals surface area contributed by atoms with Gasteiger partial charge in [0.15, 0.2) is 0 Å². The Balaban J connectivity index is 1.81. The molecule has 1 N–H and O–H groups in total. The van der Waals surface area contributed by atoms with Gasteiger partial charge in [0.1, 0.15) is 0 Å². The molecule has 1 heterocycles. The van der Waals surface area contributed by atoms with Crippen LogP contribution in [0.5, 0.6) is 0 Å². The standard InChI is InChI=1S/C20H25NO3S/c1-15(2)25(22,23)21-20-14-24-13-12-19(20)18-10-8-17(9-11-18)16-6-4-3-5-7-16/h3-11,15,19-21H,12-14H2,1-2H3/t19-,20-/m1/s1. The summed E-state index contributed by atoms with van der Waals surface area (Å²) < 4.78 is 32.9. The van der Waals surface area contributed by atoms with E-state index in [0.717, 1.165) is 17.5 Å². The average Bonchev–Trinajstić information content (AvgIpc) is 2.63. The summed E-state index contributed by atoms with van der Waals surface area (Å²) in [5.41, 5.74) is 3.49. The molecule has 1 aliphatic heterocycles. The van der Waals surface area contributed by atoms with Gasteiger partial charge in [0.05, 0.1) is 17.9 Å².